The van der Waals surface area contributed by atoms with Crippen molar-refractivity contribution in [1.82, 2.24) is 0 Å². The molecule has 0 bridgehead atoms. The molecule has 80 valence electrons. The molecule has 0 saturated carbocycles. The van der Waals surface area contributed by atoms with Crippen molar-refractivity contribution >= 4 is 0 Å². The summed E-state index contributed by atoms with van der Waals surface area (Å²) < 4.78 is 40.4. The van der Waals surface area contributed by atoms with Gasteiger partial charge in [-0.2, -0.15) is 13.2 Å². The zero-order valence-corrected chi connectivity index (χ0v) is 7.29. The van der Waals surface area contributed by atoms with Gasteiger partial charge in [0, 0.05) is 0 Å². The first-order valence-corrected chi connectivity index (χ1v) is 4.09. The molecule has 6 heteroatoms. The van der Waals surface area contributed by atoms with Crippen LogP contribution in [0.4, 0.5) is 13.2 Å². The highest BCUT2D eigenvalue weighted by atomic mass is 19.4. The molecule has 0 unspecified atom stereocenters. The average Bonchev–Trinajstić information content (AvgIpc) is 2.55. The second kappa shape index (κ2) is 4.47. The van der Waals surface area contributed by atoms with Gasteiger partial charge in [-0.1, -0.05) is 0 Å². The zero-order chi connectivity index (χ0) is 10.6. The fraction of sp³-hybridized carbons (Fsp3) is 0.500. The second-order valence-corrected chi connectivity index (χ2v) is 2.87. The molecule has 0 aliphatic heterocycles. The highest BCUT2D eigenvalue weighted by Crippen LogP contribution is 2.18. The van der Waals surface area contributed by atoms with Crippen LogP contribution >= 0.6 is 0 Å². The molecule has 0 amide bonds. The van der Waals surface area contributed by atoms with E-state index in [-0.39, 0.29) is 0 Å². The normalized spacial score (nSPS) is 14.3. The molecule has 1 heterocycles. The van der Waals surface area contributed by atoms with Gasteiger partial charge < -0.3 is 14.8 Å². The van der Waals surface area contributed by atoms with Crippen molar-refractivity contribution in [1.29, 1.82) is 0 Å². The van der Waals surface area contributed by atoms with Crippen LogP contribution in [0.5, 0.6) is 0 Å². The van der Waals surface area contributed by atoms with E-state index in [0.717, 1.165) is 0 Å². The third-order valence-corrected chi connectivity index (χ3v) is 1.69. The molecular weight excluding hydrogens is 199 g/mol. The van der Waals surface area contributed by atoms with Crippen molar-refractivity contribution < 1.29 is 28.0 Å². The molecule has 3 nitrogen and oxygen atoms in total. The summed E-state index contributed by atoms with van der Waals surface area (Å²) in [7, 11) is 0. The van der Waals surface area contributed by atoms with Crippen LogP contribution in [0.1, 0.15) is 5.76 Å². The van der Waals surface area contributed by atoms with Crippen molar-refractivity contribution in [2.75, 3.05) is 6.54 Å². The smallest absolute Gasteiger partial charge is 0.419 e. The number of hydrogen-bond acceptors (Lipinski definition) is 2. The Balaban J connectivity index is 2.22. The number of alkyl halides is 3. The maximum Gasteiger partial charge on any atom is 0.419 e. The van der Waals surface area contributed by atoms with Gasteiger partial charge in [-0.3, -0.25) is 0 Å². The van der Waals surface area contributed by atoms with E-state index in [1.807, 2.05) is 0 Å². The number of quaternary nitrogens is 1. The lowest BCUT2D eigenvalue weighted by Gasteiger charge is -2.12. The Hall–Kier alpha value is -1.01. The van der Waals surface area contributed by atoms with E-state index in [1.165, 1.54) is 11.6 Å². The van der Waals surface area contributed by atoms with E-state index in [1.54, 1.807) is 12.1 Å². The van der Waals surface area contributed by atoms with Crippen molar-refractivity contribution in [3.05, 3.63) is 24.2 Å². The van der Waals surface area contributed by atoms with E-state index in [4.69, 9.17) is 9.52 Å². The third-order valence-electron chi connectivity index (χ3n) is 1.69. The van der Waals surface area contributed by atoms with Gasteiger partial charge in [0.25, 0.3) is 0 Å². The number of furan rings is 1. The molecule has 1 atom stereocenters. The molecule has 0 saturated heterocycles. The lowest BCUT2D eigenvalue weighted by molar-refractivity contribution is -0.681. The highest BCUT2D eigenvalue weighted by molar-refractivity contribution is 4.95. The Kier molecular flexibility index (Phi) is 3.54. The van der Waals surface area contributed by atoms with Gasteiger partial charge in [0.05, 0.1) is 6.26 Å². The number of hydrogen-bond donors (Lipinski definition) is 2. The number of rotatable bonds is 4. The van der Waals surface area contributed by atoms with Crippen LogP contribution in [0.15, 0.2) is 22.8 Å². The van der Waals surface area contributed by atoms with Crippen molar-refractivity contribution in [3.63, 3.8) is 0 Å². The summed E-state index contributed by atoms with van der Waals surface area (Å²) >= 11 is 0. The minimum Gasteiger partial charge on any atom is -0.463 e. The lowest BCUT2D eigenvalue weighted by atomic mass is 10.3. The summed E-state index contributed by atoms with van der Waals surface area (Å²) in [6.07, 6.45) is -5.37. The lowest BCUT2D eigenvalue weighted by Crippen LogP contribution is -2.85. The van der Waals surface area contributed by atoms with Crippen molar-refractivity contribution in [2.45, 2.75) is 18.8 Å². The summed E-state index contributed by atoms with van der Waals surface area (Å²) in [5, 5.41) is 9.97. The van der Waals surface area contributed by atoms with Crippen LogP contribution in [-0.2, 0) is 6.54 Å². The first-order valence-electron chi connectivity index (χ1n) is 4.09. The molecule has 3 N–H and O–H groups in total. The Bertz CT molecular complexity index is 258. The van der Waals surface area contributed by atoms with Crippen molar-refractivity contribution in [2.24, 2.45) is 0 Å². The van der Waals surface area contributed by atoms with E-state index in [2.05, 4.69) is 0 Å². The van der Waals surface area contributed by atoms with E-state index < -0.39 is 18.8 Å². The van der Waals surface area contributed by atoms with Gasteiger partial charge in [0.15, 0.2) is 11.9 Å². The summed E-state index contributed by atoms with van der Waals surface area (Å²) in [6.45, 7) is -0.121. The van der Waals surface area contributed by atoms with Crippen LogP contribution in [-0.4, -0.2) is 23.9 Å². The Morgan fingerprint density at radius 3 is 2.71 bits per heavy atom. The average molecular weight is 210 g/mol. The molecule has 0 aromatic carbocycles. The molecule has 1 rings (SSSR count). The van der Waals surface area contributed by atoms with Crippen LogP contribution in [0.3, 0.4) is 0 Å². The third kappa shape index (κ3) is 3.39. The molecule has 0 spiro atoms. The van der Waals surface area contributed by atoms with Crippen LogP contribution < -0.4 is 5.32 Å². The zero-order valence-electron chi connectivity index (χ0n) is 7.29. The predicted octanol–water partition coefficient (Wildman–Crippen LogP) is 0.266. The number of halogens is 3. The minimum absolute atomic E-state index is 0.292. The van der Waals surface area contributed by atoms with Gasteiger partial charge in [-0.05, 0) is 12.1 Å². The molecule has 1 aromatic heterocycles. The van der Waals surface area contributed by atoms with E-state index >= 15 is 0 Å². The Morgan fingerprint density at radius 1 is 1.50 bits per heavy atom. The van der Waals surface area contributed by atoms with E-state index in [0.29, 0.717) is 12.3 Å². The van der Waals surface area contributed by atoms with Crippen molar-refractivity contribution in [3.8, 4) is 0 Å². The van der Waals surface area contributed by atoms with Crippen LogP contribution in [0.25, 0.3) is 0 Å². The van der Waals surface area contributed by atoms with Crippen LogP contribution in [0.2, 0.25) is 0 Å². The maximum absolute atomic E-state index is 11.8. The predicted molar refractivity (Wildman–Crippen MR) is 41.3 cm³/mol. The Morgan fingerprint density at radius 2 is 2.21 bits per heavy atom. The quantitative estimate of drug-likeness (QED) is 0.749. The molecule has 0 aliphatic rings. The van der Waals surface area contributed by atoms with Gasteiger partial charge in [0.1, 0.15) is 13.1 Å². The number of aliphatic hydroxyl groups is 1. The minimum atomic E-state index is -4.54. The van der Waals surface area contributed by atoms with Gasteiger partial charge in [0.2, 0.25) is 0 Å². The van der Waals surface area contributed by atoms with E-state index in [9.17, 15) is 13.2 Å². The number of nitrogens with two attached hydrogens (primary N) is 1. The number of aliphatic hydroxyl groups excluding tert-OH is 1. The first-order chi connectivity index (χ1) is 6.50. The summed E-state index contributed by atoms with van der Waals surface area (Å²) in [6, 6.07) is 3.32. The molecule has 1 aromatic rings. The maximum atomic E-state index is 11.8. The van der Waals surface area contributed by atoms with Gasteiger partial charge >= 0.3 is 6.18 Å². The highest BCUT2D eigenvalue weighted by Gasteiger charge is 2.39. The molecule has 0 aliphatic carbocycles. The fourth-order valence-corrected chi connectivity index (χ4v) is 0.946. The molecular formula is C8H11F3NO2+. The Labute approximate surface area is 78.5 Å². The molecule has 0 radical (unpaired) electrons. The van der Waals surface area contributed by atoms with Crippen LogP contribution in [0, 0.1) is 0 Å². The summed E-state index contributed by atoms with van der Waals surface area (Å²) in [5.74, 6) is 0.583. The standard InChI is InChI=1S/C8H10F3NO2/c9-8(10,11)7(13)5-12-4-6-2-1-3-14-6/h1-3,7,12-13H,4-5H2/p+1/t7-/m1/s1. The largest absolute Gasteiger partial charge is 0.463 e. The topological polar surface area (TPSA) is 50.0 Å². The monoisotopic (exact) mass is 210 g/mol. The first kappa shape index (κ1) is 11.1. The summed E-state index contributed by atoms with van der Waals surface area (Å²) in [5.41, 5.74) is 0. The fourth-order valence-electron chi connectivity index (χ4n) is 0.946. The van der Waals surface area contributed by atoms with Gasteiger partial charge in [-0.25, -0.2) is 0 Å². The summed E-state index contributed by atoms with van der Waals surface area (Å²) in [4.78, 5) is 0. The SMILES string of the molecule is O[C@H](C[NH2+]Cc1ccco1)C(F)(F)F. The second-order valence-electron chi connectivity index (χ2n) is 2.87. The molecule has 14 heavy (non-hydrogen) atoms. The molecule has 0 fully saturated rings. The van der Waals surface area contributed by atoms with Gasteiger partial charge in [-0.15, -0.1) is 0 Å².